The normalized spacial score (nSPS) is 10.4. The highest BCUT2D eigenvalue weighted by molar-refractivity contribution is 6.32. The Balaban J connectivity index is 1.75. The van der Waals surface area contributed by atoms with E-state index >= 15 is 0 Å². The van der Waals surface area contributed by atoms with E-state index in [2.05, 4.69) is 10.1 Å². The Morgan fingerprint density at radius 1 is 1.07 bits per heavy atom. The molecule has 7 heteroatoms. The third kappa shape index (κ3) is 6.60. The van der Waals surface area contributed by atoms with E-state index in [1.54, 1.807) is 48.5 Å². The van der Waals surface area contributed by atoms with Crippen molar-refractivity contribution < 1.29 is 23.9 Å². The number of ether oxygens (including phenoxy) is 2. The number of halogens is 1. The molecule has 0 aliphatic rings. The van der Waals surface area contributed by atoms with Gasteiger partial charge in [-0.1, -0.05) is 41.9 Å². The molecule has 2 rings (SSSR count). The van der Waals surface area contributed by atoms with Crippen LogP contribution < -0.4 is 5.32 Å². The van der Waals surface area contributed by atoms with E-state index in [-0.39, 0.29) is 6.54 Å². The van der Waals surface area contributed by atoms with Crippen molar-refractivity contribution in [2.45, 2.75) is 6.54 Å². The first-order valence-electron chi connectivity index (χ1n) is 8.03. The fourth-order valence-electron chi connectivity index (χ4n) is 2.08. The molecule has 0 aliphatic carbocycles. The monoisotopic (exact) mass is 387 g/mol. The minimum absolute atomic E-state index is 0.243. The van der Waals surface area contributed by atoms with Gasteiger partial charge in [0.05, 0.1) is 12.7 Å². The Morgan fingerprint density at radius 2 is 1.78 bits per heavy atom. The van der Waals surface area contributed by atoms with Gasteiger partial charge in [0.2, 0.25) is 0 Å². The summed E-state index contributed by atoms with van der Waals surface area (Å²) in [6, 6.07) is 13.6. The van der Waals surface area contributed by atoms with Crippen molar-refractivity contribution in [2.75, 3.05) is 13.7 Å². The molecule has 2 aromatic carbocycles. The molecule has 140 valence electrons. The maximum absolute atomic E-state index is 11.8. The van der Waals surface area contributed by atoms with Crippen molar-refractivity contribution in [3.63, 3.8) is 0 Å². The van der Waals surface area contributed by atoms with E-state index < -0.39 is 24.5 Å². The third-order valence-corrected chi connectivity index (χ3v) is 3.86. The van der Waals surface area contributed by atoms with Crippen LogP contribution >= 0.6 is 11.6 Å². The molecular weight excluding hydrogens is 370 g/mol. The Bertz CT molecular complexity index is 846. The van der Waals surface area contributed by atoms with Gasteiger partial charge < -0.3 is 14.8 Å². The van der Waals surface area contributed by atoms with Gasteiger partial charge in [-0.3, -0.25) is 4.79 Å². The summed E-state index contributed by atoms with van der Waals surface area (Å²) in [6.45, 7) is -0.154. The van der Waals surface area contributed by atoms with Crippen molar-refractivity contribution in [3.8, 4) is 0 Å². The minimum Gasteiger partial charge on any atom is -0.465 e. The van der Waals surface area contributed by atoms with Crippen LogP contribution in [0.3, 0.4) is 0 Å². The van der Waals surface area contributed by atoms with Crippen molar-refractivity contribution in [3.05, 3.63) is 76.3 Å². The zero-order valence-corrected chi connectivity index (χ0v) is 15.4. The molecule has 2 aromatic rings. The third-order valence-electron chi connectivity index (χ3n) is 3.51. The number of carbonyl (C=O) groups is 3. The van der Waals surface area contributed by atoms with Crippen molar-refractivity contribution in [1.82, 2.24) is 5.32 Å². The number of nitrogens with one attached hydrogen (secondary N) is 1. The second-order valence-corrected chi connectivity index (χ2v) is 5.83. The van der Waals surface area contributed by atoms with E-state index in [1.165, 1.54) is 19.3 Å². The first-order valence-corrected chi connectivity index (χ1v) is 8.40. The number of amides is 1. The van der Waals surface area contributed by atoms with E-state index in [4.69, 9.17) is 16.3 Å². The van der Waals surface area contributed by atoms with E-state index in [0.29, 0.717) is 16.1 Å². The molecule has 0 unspecified atom stereocenters. The van der Waals surface area contributed by atoms with Gasteiger partial charge in [-0.25, -0.2) is 9.59 Å². The van der Waals surface area contributed by atoms with Gasteiger partial charge in [0.25, 0.3) is 5.91 Å². The van der Waals surface area contributed by atoms with Gasteiger partial charge in [-0.2, -0.15) is 0 Å². The average Bonchev–Trinajstić information content (AvgIpc) is 2.69. The van der Waals surface area contributed by atoms with Gasteiger partial charge in [0.15, 0.2) is 6.61 Å². The van der Waals surface area contributed by atoms with Crippen LogP contribution in [0.25, 0.3) is 6.08 Å². The first-order chi connectivity index (χ1) is 13.0. The highest BCUT2D eigenvalue weighted by atomic mass is 35.5. The van der Waals surface area contributed by atoms with Gasteiger partial charge in [0, 0.05) is 17.6 Å². The minimum atomic E-state index is -0.646. The van der Waals surface area contributed by atoms with Crippen LogP contribution in [0.1, 0.15) is 21.5 Å². The van der Waals surface area contributed by atoms with Gasteiger partial charge >= 0.3 is 11.9 Å². The highest BCUT2D eigenvalue weighted by Gasteiger charge is 2.07. The Labute approximate surface area is 161 Å². The van der Waals surface area contributed by atoms with Crippen LogP contribution in [-0.4, -0.2) is 31.6 Å². The van der Waals surface area contributed by atoms with E-state index in [0.717, 1.165) is 5.56 Å². The summed E-state index contributed by atoms with van der Waals surface area (Å²) in [7, 11) is 1.31. The quantitative estimate of drug-likeness (QED) is 0.583. The summed E-state index contributed by atoms with van der Waals surface area (Å²) in [6.07, 6.45) is 2.73. The number of benzene rings is 2. The second kappa shape index (κ2) is 10.1. The predicted octanol–water partition coefficient (Wildman–Crippen LogP) is 3.00. The molecule has 0 saturated heterocycles. The zero-order valence-electron chi connectivity index (χ0n) is 14.6. The lowest BCUT2D eigenvalue weighted by atomic mass is 10.1. The van der Waals surface area contributed by atoms with Crippen LogP contribution in [0.4, 0.5) is 0 Å². The second-order valence-electron chi connectivity index (χ2n) is 5.43. The molecule has 1 N–H and O–H groups in total. The Kier molecular flexibility index (Phi) is 7.58. The van der Waals surface area contributed by atoms with Crippen LogP contribution in [0, 0.1) is 0 Å². The molecule has 6 nitrogen and oxygen atoms in total. The number of carbonyl (C=O) groups excluding carboxylic acids is 3. The molecule has 27 heavy (non-hydrogen) atoms. The lowest BCUT2D eigenvalue weighted by molar-refractivity contribution is -0.143. The molecular formula is C20H18ClNO5. The van der Waals surface area contributed by atoms with Crippen molar-refractivity contribution >= 4 is 35.5 Å². The number of esters is 2. The van der Waals surface area contributed by atoms with Crippen LogP contribution in [0.15, 0.2) is 54.6 Å². The molecule has 0 atom stereocenters. The predicted molar refractivity (Wildman–Crippen MR) is 101 cm³/mol. The highest BCUT2D eigenvalue weighted by Crippen LogP contribution is 2.16. The lowest BCUT2D eigenvalue weighted by Gasteiger charge is -2.06. The fraction of sp³-hybridized carbons (Fsp3) is 0.150. The molecule has 0 bridgehead atoms. The Hall–Kier alpha value is -3.12. The van der Waals surface area contributed by atoms with E-state index in [1.807, 2.05) is 0 Å². The smallest absolute Gasteiger partial charge is 0.337 e. The Morgan fingerprint density at radius 3 is 2.44 bits per heavy atom. The molecule has 0 aromatic heterocycles. The summed E-state index contributed by atoms with van der Waals surface area (Å²) < 4.78 is 9.49. The van der Waals surface area contributed by atoms with Gasteiger partial charge in [-0.05, 0) is 35.4 Å². The summed E-state index contributed by atoms with van der Waals surface area (Å²) in [4.78, 5) is 34.8. The topological polar surface area (TPSA) is 81.7 Å². The summed E-state index contributed by atoms with van der Waals surface area (Å²) in [5, 5.41) is 3.13. The molecule has 0 radical (unpaired) electrons. The molecule has 0 spiro atoms. The number of hydrogen-bond donors (Lipinski definition) is 1. The number of hydrogen-bond acceptors (Lipinski definition) is 5. The SMILES string of the molecule is COC(=O)c1ccc(CNC(=O)COC(=O)/C=C/c2ccccc2Cl)cc1. The van der Waals surface area contributed by atoms with Gasteiger partial charge in [0.1, 0.15) is 0 Å². The summed E-state index contributed by atoms with van der Waals surface area (Å²) in [5.41, 5.74) is 1.89. The van der Waals surface area contributed by atoms with E-state index in [9.17, 15) is 14.4 Å². The molecule has 0 heterocycles. The van der Waals surface area contributed by atoms with Gasteiger partial charge in [-0.15, -0.1) is 0 Å². The zero-order chi connectivity index (χ0) is 19.6. The summed E-state index contributed by atoms with van der Waals surface area (Å²) in [5.74, 6) is -1.51. The standard InChI is InChI=1S/C20H18ClNO5/c1-26-20(25)16-8-6-14(7-9-16)12-22-18(23)13-27-19(24)11-10-15-4-2-3-5-17(15)21/h2-11H,12-13H2,1H3,(H,22,23)/b11-10+. The average molecular weight is 388 g/mol. The number of methoxy groups -OCH3 is 1. The maximum atomic E-state index is 11.8. The number of rotatable bonds is 7. The fourth-order valence-corrected chi connectivity index (χ4v) is 2.28. The molecule has 0 aliphatic heterocycles. The maximum Gasteiger partial charge on any atom is 0.337 e. The van der Waals surface area contributed by atoms with Crippen LogP contribution in [-0.2, 0) is 25.6 Å². The molecule has 1 amide bonds. The van der Waals surface area contributed by atoms with Crippen LogP contribution in [0.2, 0.25) is 5.02 Å². The van der Waals surface area contributed by atoms with Crippen LogP contribution in [0.5, 0.6) is 0 Å². The molecule has 0 fully saturated rings. The van der Waals surface area contributed by atoms with Crippen molar-refractivity contribution in [1.29, 1.82) is 0 Å². The molecule has 0 saturated carbocycles. The largest absolute Gasteiger partial charge is 0.465 e. The lowest BCUT2D eigenvalue weighted by Crippen LogP contribution is -2.28. The van der Waals surface area contributed by atoms with Crippen molar-refractivity contribution in [2.24, 2.45) is 0 Å². The summed E-state index contributed by atoms with van der Waals surface area (Å²) >= 11 is 5.98. The first kappa shape index (κ1) is 20.2.